The van der Waals surface area contributed by atoms with Gasteiger partial charge in [0.1, 0.15) is 11.3 Å². The van der Waals surface area contributed by atoms with Gasteiger partial charge in [-0.2, -0.15) is 0 Å². The number of carbonyl (C=O) groups excluding carboxylic acids is 1. The summed E-state index contributed by atoms with van der Waals surface area (Å²) in [5.74, 6) is 0.435. The lowest BCUT2D eigenvalue weighted by molar-refractivity contribution is 0.0921. The second-order valence-corrected chi connectivity index (χ2v) is 7.91. The number of Topliss-reactive ketones (excluding diaryl/α,β-unsaturated/α-hetero) is 1. The van der Waals surface area contributed by atoms with Crippen LogP contribution in [-0.2, 0) is 6.42 Å². The molecule has 32 heavy (non-hydrogen) atoms. The minimum absolute atomic E-state index is 0.0865. The molecule has 4 nitrogen and oxygen atoms in total. The Kier molecular flexibility index (Phi) is 6.50. The van der Waals surface area contributed by atoms with E-state index < -0.39 is 0 Å². The third kappa shape index (κ3) is 4.65. The van der Waals surface area contributed by atoms with E-state index >= 15 is 0 Å². The maximum absolute atomic E-state index is 12.7. The quantitative estimate of drug-likeness (QED) is 0.243. The van der Waals surface area contributed by atoms with Gasteiger partial charge in [-0.15, -0.1) is 0 Å². The van der Waals surface area contributed by atoms with Crippen molar-refractivity contribution in [2.75, 3.05) is 6.61 Å². The molecule has 0 radical (unpaired) electrons. The molecule has 1 aromatic heterocycles. The number of carbonyl (C=O) groups is 1. The number of aryl methyl sites for hydroxylation is 2. The summed E-state index contributed by atoms with van der Waals surface area (Å²) in [5, 5.41) is 0.922. The lowest BCUT2D eigenvalue weighted by Gasteiger charge is -2.12. The fourth-order valence-electron chi connectivity index (χ4n) is 3.84. The fourth-order valence-corrected chi connectivity index (χ4v) is 3.84. The van der Waals surface area contributed by atoms with Crippen molar-refractivity contribution in [1.29, 1.82) is 0 Å². The van der Waals surface area contributed by atoms with E-state index in [2.05, 4.69) is 6.92 Å². The number of hydrogen-bond donors (Lipinski definition) is 0. The number of ketones is 1. The van der Waals surface area contributed by atoms with E-state index in [1.54, 1.807) is 6.07 Å². The Hall–Kier alpha value is -3.66. The van der Waals surface area contributed by atoms with Crippen LogP contribution in [0.15, 0.2) is 82.0 Å². The number of unbranched alkanes of at least 4 members (excludes halogenated alkanes) is 1. The zero-order chi connectivity index (χ0) is 22.5. The molecule has 4 aromatic rings. The summed E-state index contributed by atoms with van der Waals surface area (Å²) in [7, 11) is 0. The Labute approximate surface area is 187 Å². The van der Waals surface area contributed by atoms with Crippen molar-refractivity contribution in [3.63, 3.8) is 0 Å². The van der Waals surface area contributed by atoms with E-state index in [1.165, 1.54) is 0 Å². The van der Waals surface area contributed by atoms with Gasteiger partial charge in [-0.25, -0.2) is 4.79 Å². The van der Waals surface area contributed by atoms with Gasteiger partial charge in [0.05, 0.1) is 0 Å². The zero-order valence-electron chi connectivity index (χ0n) is 18.4. The minimum Gasteiger partial charge on any atom is -0.485 e. The van der Waals surface area contributed by atoms with E-state index in [0.29, 0.717) is 16.9 Å². The second kappa shape index (κ2) is 9.65. The SMILES string of the molecule is CCCCc1cc(=O)oc2c(C)c(OCC(=O)c3ccc(-c4ccccc4)cc3)ccc12. The van der Waals surface area contributed by atoms with Crippen LogP contribution in [0.1, 0.15) is 41.3 Å². The molecule has 0 atom stereocenters. The maximum Gasteiger partial charge on any atom is 0.336 e. The van der Waals surface area contributed by atoms with Crippen molar-refractivity contribution in [2.45, 2.75) is 33.1 Å². The van der Waals surface area contributed by atoms with Crippen LogP contribution in [0.2, 0.25) is 0 Å². The van der Waals surface area contributed by atoms with Gasteiger partial charge in [-0.3, -0.25) is 4.79 Å². The molecule has 0 aliphatic heterocycles. The van der Waals surface area contributed by atoms with Crippen LogP contribution in [0.5, 0.6) is 5.75 Å². The first-order valence-corrected chi connectivity index (χ1v) is 10.9. The molecule has 0 fully saturated rings. The third-order valence-corrected chi connectivity index (χ3v) is 5.67. The molecule has 0 saturated carbocycles. The smallest absolute Gasteiger partial charge is 0.336 e. The van der Waals surface area contributed by atoms with Gasteiger partial charge in [-0.1, -0.05) is 67.9 Å². The van der Waals surface area contributed by atoms with Crippen molar-refractivity contribution in [1.82, 2.24) is 0 Å². The fraction of sp³-hybridized carbons (Fsp3) is 0.214. The highest BCUT2D eigenvalue weighted by molar-refractivity contribution is 5.97. The van der Waals surface area contributed by atoms with Gasteiger partial charge in [0, 0.05) is 22.6 Å². The van der Waals surface area contributed by atoms with E-state index in [0.717, 1.165) is 46.9 Å². The summed E-state index contributed by atoms with van der Waals surface area (Å²) < 4.78 is 11.3. The highest BCUT2D eigenvalue weighted by Gasteiger charge is 2.14. The molecule has 0 aliphatic rings. The van der Waals surface area contributed by atoms with Gasteiger partial charge < -0.3 is 9.15 Å². The standard InChI is InChI=1S/C28H26O4/c1-3-4-8-23-17-27(30)32-28-19(2)26(16-15-24(23)28)31-18-25(29)22-13-11-21(12-14-22)20-9-6-5-7-10-20/h5-7,9-17H,3-4,8,18H2,1-2H3. The van der Waals surface area contributed by atoms with Crippen LogP contribution in [0, 0.1) is 6.92 Å². The zero-order valence-corrected chi connectivity index (χ0v) is 18.4. The lowest BCUT2D eigenvalue weighted by atomic mass is 10.0. The van der Waals surface area contributed by atoms with Crippen molar-refractivity contribution >= 4 is 16.8 Å². The number of ether oxygens (including phenoxy) is 1. The second-order valence-electron chi connectivity index (χ2n) is 7.91. The lowest BCUT2D eigenvalue weighted by Crippen LogP contribution is -2.12. The highest BCUT2D eigenvalue weighted by Crippen LogP contribution is 2.29. The summed E-state index contributed by atoms with van der Waals surface area (Å²) in [6, 6.07) is 22.9. The van der Waals surface area contributed by atoms with Crippen LogP contribution >= 0.6 is 0 Å². The molecule has 0 spiro atoms. The van der Waals surface area contributed by atoms with Crippen LogP contribution in [0.25, 0.3) is 22.1 Å². The first kappa shape index (κ1) is 21.6. The average Bonchev–Trinajstić information content (AvgIpc) is 2.83. The van der Waals surface area contributed by atoms with E-state index in [9.17, 15) is 9.59 Å². The van der Waals surface area contributed by atoms with Crippen molar-refractivity contribution in [2.24, 2.45) is 0 Å². The molecule has 3 aromatic carbocycles. The molecule has 0 amide bonds. The predicted octanol–water partition coefficient (Wildman–Crippen LogP) is 6.37. The van der Waals surface area contributed by atoms with Gasteiger partial charge in [0.15, 0.2) is 12.4 Å². The highest BCUT2D eigenvalue weighted by atomic mass is 16.5. The van der Waals surface area contributed by atoms with Crippen LogP contribution in [0.3, 0.4) is 0 Å². The van der Waals surface area contributed by atoms with Crippen LogP contribution in [-0.4, -0.2) is 12.4 Å². The molecular formula is C28H26O4. The molecule has 0 N–H and O–H groups in total. The Morgan fingerprint density at radius 2 is 1.66 bits per heavy atom. The van der Waals surface area contributed by atoms with Crippen molar-refractivity contribution in [3.8, 4) is 16.9 Å². The van der Waals surface area contributed by atoms with Crippen molar-refractivity contribution in [3.05, 3.63) is 99.9 Å². The Morgan fingerprint density at radius 1 is 0.938 bits per heavy atom. The largest absolute Gasteiger partial charge is 0.485 e. The molecule has 0 unspecified atom stereocenters. The summed E-state index contributed by atoms with van der Waals surface area (Å²) in [4.78, 5) is 24.7. The topological polar surface area (TPSA) is 56.5 Å². The van der Waals surface area contributed by atoms with Gasteiger partial charge in [0.2, 0.25) is 0 Å². The molecule has 0 aliphatic carbocycles. The predicted molar refractivity (Wildman–Crippen MR) is 128 cm³/mol. The van der Waals surface area contributed by atoms with Crippen LogP contribution < -0.4 is 10.4 Å². The van der Waals surface area contributed by atoms with Gasteiger partial charge in [0.25, 0.3) is 0 Å². The number of rotatable bonds is 8. The van der Waals surface area contributed by atoms with Gasteiger partial charge >= 0.3 is 5.63 Å². The monoisotopic (exact) mass is 426 g/mol. The molecule has 4 heteroatoms. The van der Waals surface area contributed by atoms with E-state index in [-0.39, 0.29) is 18.0 Å². The molecule has 0 bridgehead atoms. The average molecular weight is 427 g/mol. The van der Waals surface area contributed by atoms with E-state index in [1.807, 2.05) is 73.7 Å². The Bertz CT molecular complexity index is 1290. The van der Waals surface area contributed by atoms with Crippen LogP contribution in [0.4, 0.5) is 0 Å². The Balaban J connectivity index is 1.51. The first-order valence-electron chi connectivity index (χ1n) is 10.9. The first-order chi connectivity index (χ1) is 15.6. The number of hydrogen-bond acceptors (Lipinski definition) is 4. The Morgan fingerprint density at radius 3 is 2.38 bits per heavy atom. The summed E-state index contributed by atoms with van der Waals surface area (Å²) in [5.41, 5.74) is 4.64. The molecule has 4 rings (SSSR count). The normalized spacial score (nSPS) is 10.9. The molecular weight excluding hydrogens is 400 g/mol. The molecule has 1 heterocycles. The number of benzene rings is 3. The third-order valence-electron chi connectivity index (χ3n) is 5.67. The van der Waals surface area contributed by atoms with Gasteiger partial charge in [-0.05, 0) is 48.6 Å². The maximum atomic E-state index is 12.7. The summed E-state index contributed by atoms with van der Waals surface area (Å²) in [6.45, 7) is 3.89. The van der Waals surface area contributed by atoms with E-state index in [4.69, 9.17) is 9.15 Å². The summed E-state index contributed by atoms with van der Waals surface area (Å²) in [6.07, 6.45) is 2.89. The molecule has 162 valence electrons. The summed E-state index contributed by atoms with van der Waals surface area (Å²) >= 11 is 0. The number of fused-ring (bicyclic) bond motifs is 1. The molecule has 0 saturated heterocycles. The minimum atomic E-state index is -0.363. The van der Waals surface area contributed by atoms with Crippen molar-refractivity contribution < 1.29 is 13.9 Å².